The first-order valence-corrected chi connectivity index (χ1v) is 6.33. The summed E-state index contributed by atoms with van der Waals surface area (Å²) in [7, 11) is 0. The van der Waals surface area contributed by atoms with Crippen LogP contribution in [0.15, 0.2) is 24.3 Å². The lowest BCUT2D eigenvalue weighted by Crippen LogP contribution is -2.28. The van der Waals surface area contributed by atoms with Crippen LogP contribution in [0.3, 0.4) is 0 Å². The first-order valence-electron chi connectivity index (χ1n) is 6.33. The topological polar surface area (TPSA) is 63.3 Å². The Bertz CT molecular complexity index is 407. The van der Waals surface area contributed by atoms with Crippen LogP contribution in [0, 0.1) is 5.41 Å². The van der Waals surface area contributed by atoms with Gasteiger partial charge in [-0.2, -0.15) is 0 Å². The standard InChI is InChI=1S/C15H23NO2/c1-10(2)11-5-7-12(8-6-11)13(16)9-15(3,4)14(17)18/h5-8,10,13H,9,16H2,1-4H3,(H,17,18). The molecule has 0 fully saturated rings. The van der Waals surface area contributed by atoms with Crippen LogP contribution < -0.4 is 5.73 Å². The van der Waals surface area contributed by atoms with Gasteiger partial charge in [0.15, 0.2) is 0 Å². The Morgan fingerprint density at radius 1 is 1.22 bits per heavy atom. The van der Waals surface area contributed by atoms with Gasteiger partial charge in [0.05, 0.1) is 5.41 Å². The highest BCUT2D eigenvalue weighted by Gasteiger charge is 2.29. The van der Waals surface area contributed by atoms with E-state index in [0.29, 0.717) is 12.3 Å². The van der Waals surface area contributed by atoms with E-state index in [-0.39, 0.29) is 6.04 Å². The molecule has 0 heterocycles. The van der Waals surface area contributed by atoms with Crippen LogP contribution in [0.25, 0.3) is 0 Å². The normalized spacial score (nSPS) is 13.7. The van der Waals surface area contributed by atoms with Crippen molar-refractivity contribution in [2.45, 2.75) is 46.1 Å². The van der Waals surface area contributed by atoms with Gasteiger partial charge in [-0.1, -0.05) is 38.1 Å². The Balaban J connectivity index is 2.79. The molecule has 1 atom stereocenters. The molecule has 1 rings (SSSR count). The lowest BCUT2D eigenvalue weighted by Gasteiger charge is -2.23. The molecule has 0 aromatic heterocycles. The maximum Gasteiger partial charge on any atom is 0.309 e. The quantitative estimate of drug-likeness (QED) is 0.841. The zero-order valence-corrected chi connectivity index (χ0v) is 11.6. The lowest BCUT2D eigenvalue weighted by atomic mass is 9.83. The number of aliphatic carboxylic acids is 1. The third-order valence-electron chi connectivity index (χ3n) is 3.34. The summed E-state index contributed by atoms with van der Waals surface area (Å²) in [4.78, 5) is 11.1. The highest BCUT2D eigenvalue weighted by molar-refractivity contribution is 5.73. The van der Waals surface area contributed by atoms with Crippen LogP contribution in [0.2, 0.25) is 0 Å². The number of hydrogen-bond donors (Lipinski definition) is 2. The number of rotatable bonds is 5. The van der Waals surface area contributed by atoms with Crippen LogP contribution in [-0.4, -0.2) is 11.1 Å². The molecule has 18 heavy (non-hydrogen) atoms. The number of carbonyl (C=O) groups is 1. The first-order chi connectivity index (χ1) is 8.24. The van der Waals surface area contributed by atoms with Crippen molar-refractivity contribution < 1.29 is 9.90 Å². The van der Waals surface area contributed by atoms with E-state index in [1.165, 1.54) is 5.56 Å². The third kappa shape index (κ3) is 3.57. The first kappa shape index (κ1) is 14.7. The monoisotopic (exact) mass is 249 g/mol. The molecule has 1 unspecified atom stereocenters. The highest BCUT2D eigenvalue weighted by Crippen LogP contribution is 2.29. The molecule has 0 saturated heterocycles. The molecule has 3 N–H and O–H groups in total. The van der Waals surface area contributed by atoms with Crippen molar-refractivity contribution in [1.29, 1.82) is 0 Å². The summed E-state index contributed by atoms with van der Waals surface area (Å²) in [5.41, 5.74) is 7.55. The molecule has 3 nitrogen and oxygen atoms in total. The van der Waals surface area contributed by atoms with Gasteiger partial charge in [-0.3, -0.25) is 4.79 Å². The molecule has 0 aliphatic carbocycles. The van der Waals surface area contributed by atoms with Gasteiger partial charge >= 0.3 is 5.97 Å². The van der Waals surface area contributed by atoms with Gasteiger partial charge in [-0.25, -0.2) is 0 Å². The Morgan fingerprint density at radius 3 is 2.06 bits per heavy atom. The Hall–Kier alpha value is -1.35. The second-order valence-corrected chi connectivity index (χ2v) is 5.82. The minimum absolute atomic E-state index is 0.239. The van der Waals surface area contributed by atoms with Gasteiger partial charge in [0.1, 0.15) is 0 Å². The second-order valence-electron chi connectivity index (χ2n) is 5.82. The van der Waals surface area contributed by atoms with Crippen LogP contribution >= 0.6 is 0 Å². The van der Waals surface area contributed by atoms with Crippen molar-refractivity contribution in [3.8, 4) is 0 Å². The molecule has 0 saturated carbocycles. The number of carboxylic acids is 1. The summed E-state index contributed by atoms with van der Waals surface area (Å²) < 4.78 is 0. The SMILES string of the molecule is CC(C)c1ccc(C(N)CC(C)(C)C(=O)O)cc1. The molecule has 0 amide bonds. The van der Waals surface area contributed by atoms with Crippen molar-refractivity contribution in [2.75, 3.05) is 0 Å². The van der Waals surface area contributed by atoms with E-state index in [4.69, 9.17) is 10.8 Å². The molecule has 0 spiro atoms. The van der Waals surface area contributed by atoms with Crippen molar-refractivity contribution >= 4 is 5.97 Å². The van der Waals surface area contributed by atoms with Crippen LogP contribution in [0.4, 0.5) is 0 Å². The summed E-state index contributed by atoms with van der Waals surface area (Å²) in [6, 6.07) is 7.88. The minimum Gasteiger partial charge on any atom is -0.481 e. The van der Waals surface area contributed by atoms with Crippen molar-refractivity contribution in [3.63, 3.8) is 0 Å². The molecule has 0 radical (unpaired) electrons. The number of nitrogens with two attached hydrogens (primary N) is 1. The lowest BCUT2D eigenvalue weighted by molar-refractivity contribution is -0.147. The number of hydrogen-bond acceptors (Lipinski definition) is 2. The van der Waals surface area contributed by atoms with E-state index >= 15 is 0 Å². The van der Waals surface area contributed by atoms with E-state index in [1.807, 2.05) is 12.1 Å². The predicted molar refractivity (Wildman–Crippen MR) is 73.5 cm³/mol. The summed E-state index contributed by atoms with van der Waals surface area (Å²) >= 11 is 0. The second kappa shape index (κ2) is 5.53. The number of benzene rings is 1. The molecule has 1 aromatic carbocycles. The maximum atomic E-state index is 11.1. The minimum atomic E-state index is -0.809. The zero-order valence-electron chi connectivity index (χ0n) is 11.6. The van der Waals surface area contributed by atoms with Gasteiger partial charge in [0.2, 0.25) is 0 Å². The largest absolute Gasteiger partial charge is 0.481 e. The van der Waals surface area contributed by atoms with E-state index in [0.717, 1.165) is 5.56 Å². The van der Waals surface area contributed by atoms with E-state index in [2.05, 4.69) is 26.0 Å². The van der Waals surface area contributed by atoms with Crippen molar-refractivity contribution in [1.82, 2.24) is 0 Å². The predicted octanol–water partition coefficient (Wildman–Crippen LogP) is 3.31. The van der Waals surface area contributed by atoms with Crippen LogP contribution in [0.5, 0.6) is 0 Å². The average molecular weight is 249 g/mol. The van der Waals surface area contributed by atoms with Gasteiger partial charge in [-0.15, -0.1) is 0 Å². The van der Waals surface area contributed by atoms with Gasteiger partial charge in [0, 0.05) is 6.04 Å². The molecule has 1 aromatic rings. The summed E-state index contributed by atoms with van der Waals surface area (Å²) in [6.07, 6.45) is 0.434. The fraction of sp³-hybridized carbons (Fsp3) is 0.533. The van der Waals surface area contributed by atoms with Crippen LogP contribution in [-0.2, 0) is 4.79 Å². The van der Waals surface area contributed by atoms with E-state index in [1.54, 1.807) is 13.8 Å². The smallest absolute Gasteiger partial charge is 0.309 e. The fourth-order valence-electron chi connectivity index (χ4n) is 1.88. The molecule has 0 aliphatic rings. The van der Waals surface area contributed by atoms with Crippen molar-refractivity contribution in [3.05, 3.63) is 35.4 Å². The van der Waals surface area contributed by atoms with Gasteiger partial charge in [-0.05, 0) is 37.3 Å². The van der Waals surface area contributed by atoms with Gasteiger partial charge in [0.25, 0.3) is 0 Å². The Kier molecular flexibility index (Phi) is 4.52. The average Bonchev–Trinajstić information content (AvgIpc) is 2.28. The fourth-order valence-corrected chi connectivity index (χ4v) is 1.88. The Morgan fingerprint density at radius 2 is 1.67 bits per heavy atom. The number of carboxylic acid groups (broad SMARTS) is 1. The Labute approximate surface area is 109 Å². The van der Waals surface area contributed by atoms with Crippen molar-refractivity contribution in [2.24, 2.45) is 11.1 Å². The maximum absolute atomic E-state index is 11.1. The molecule has 3 heteroatoms. The molecule has 0 aliphatic heterocycles. The molecule has 0 bridgehead atoms. The van der Waals surface area contributed by atoms with E-state index in [9.17, 15) is 4.79 Å². The van der Waals surface area contributed by atoms with Crippen LogP contribution in [0.1, 0.15) is 57.2 Å². The molecule has 100 valence electrons. The zero-order chi connectivity index (χ0) is 13.9. The molecular weight excluding hydrogens is 226 g/mol. The summed E-state index contributed by atoms with van der Waals surface area (Å²) in [5, 5.41) is 9.10. The third-order valence-corrected chi connectivity index (χ3v) is 3.34. The summed E-state index contributed by atoms with van der Waals surface area (Å²) in [5.74, 6) is -0.317. The summed E-state index contributed by atoms with van der Waals surface area (Å²) in [6.45, 7) is 7.69. The molecular formula is C15H23NO2. The van der Waals surface area contributed by atoms with E-state index < -0.39 is 11.4 Å². The highest BCUT2D eigenvalue weighted by atomic mass is 16.4. The van der Waals surface area contributed by atoms with Gasteiger partial charge < -0.3 is 10.8 Å².